The van der Waals surface area contributed by atoms with Gasteiger partial charge < -0.3 is 0 Å². The molecule has 0 spiro atoms. The number of fused-ring (bicyclic) bond motifs is 1. The van der Waals surface area contributed by atoms with Gasteiger partial charge >= 0.3 is 18.0 Å². The summed E-state index contributed by atoms with van der Waals surface area (Å²) >= 11 is 0.0939. The van der Waals surface area contributed by atoms with Crippen molar-refractivity contribution >= 4 is 23.2 Å². The van der Waals surface area contributed by atoms with Crippen LogP contribution in [0, 0.1) is 0 Å². The van der Waals surface area contributed by atoms with Gasteiger partial charge in [0.1, 0.15) is 4.88 Å². The maximum atomic E-state index is 12.2. The molecule has 0 aromatic carbocycles. The fourth-order valence-electron chi connectivity index (χ4n) is 0.915. The average Bonchev–Trinajstić information content (AvgIpc) is 2.56. The van der Waals surface area contributed by atoms with Crippen molar-refractivity contribution in [2.75, 3.05) is 0 Å². The maximum absolute atomic E-state index is 12.2. The number of azo groups is 1. The Labute approximate surface area is 83.6 Å². The first-order chi connectivity index (χ1) is 6.89. The fraction of sp³-hybridized carbons (Fsp3) is 0.167. The first-order valence-electron chi connectivity index (χ1n) is 3.48. The highest BCUT2D eigenvalue weighted by Crippen LogP contribution is 2.35. The highest BCUT2D eigenvalue weighted by molar-refractivity contribution is 7.14. The minimum atomic E-state index is -4.68. The van der Waals surface area contributed by atoms with Gasteiger partial charge in [0.05, 0.1) is 0 Å². The molecule has 78 valence electrons. The van der Waals surface area contributed by atoms with E-state index in [0.29, 0.717) is 0 Å². The molecule has 0 saturated heterocycles. The third-order valence-electron chi connectivity index (χ3n) is 1.50. The Balaban J connectivity index is 2.58. The van der Waals surface area contributed by atoms with E-state index in [4.69, 9.17) is 0 Å². The van der Waals surface area contributed by atoms with E-state index in [0.717, 1.165) is 0 Å². The number of nitrogens with zero attached hydrogens (tertiary/aromatic N) is 3. The first-order valence-corrected chi connectivity index (χ1v) is 4.29. The summed E-state index contributed by atoms with van der Waals surface area (Å²) in [4.78, 5) is 24.5. The molecule has 2 rings (SSSR count). The molecule has 0 atom stereocenters. The number of aromatic nitrogens is 1. The van der Waals surface area contributed by atoms with Crippen LogP contribution in [0.2, 0.25) is 0 Å². The maximum Gasteiger partial charge on any atom is 0.443 e. The van der Waals surface area contributed by atoms with Gasteiger partial charge in [0, 0.05) is 0 Å². The number of alkyl halides is 3. The Morgan fingerprint density at radius 1 is 1.07 bits per heavy atom. The summed E-state index contributed by atoms with van der Waals surface area (Å²) in [6.07, 6.45) is -4.68. The van der Waals surface area contributed by atoms with E-state index >= 15 is 0 Å². The predicted octanol–water partition coefficient (Wildman–Crippen LogP) is 1.91. The van der Waals surface area contributed by atoms with E-state index in [1.54, 1.807) is 0 Å². The third kappa shape index (κ3) is 1.54. The van der Waals surface area contributed by atoms with Crippen LogP contribution in [-0.2, 0) is 6.18 Å². The SMILES string of the molecule is O=C1N=NC(=O)c2sc(C(F)(F)F)nc21. The van der Waals surface area contributed by atoms with Crippen LogP contribution in [0.5, 0.6) is 0 Å². The van der Waals surface area contributed by atoms with Gasteiger partial charge in [0.25, 0.3) is 0 Å². The molecular weight excluding hydrogens is 235 g/mol. The Kier molecular flexibility index (Phi) is 1.93. The van der Waals surface area contributed by atoms with Crippen molar-refractivity contribution in [1.29, 1.82) is 0 Å². The quantitative estimate of drug-likeness (QED) is 0.689. The summed E-state index contributed by atoms with van der Waals surface area (Å²) < 4.78 is 36.6. The summed E-state index contributed by atoms with van der Waals surface area (Å²) in [5.41, 5.74) is -0.577. The van der Waals surface area contributed by atoms with Crippen LogP contribution in [0.15, 0.2) is 10.2 Å². The second kappa shape index (κ2) is 2.92. The molecule has 9 heteroatoms. The number of thiazole rings is 1. The summed E-state index contributed by atoms with van der Waals surface area (Å²) in [5, 5.41) is 4.50. The highest BCUT2D eigenvalue weighted by atomic mass is 32.1. The van der Waals surface area contributed by atoms with Crippen molar-refractivity contribution in [3.8, 4) is 0 Å². The molecule has 2 amide bonds. The molecule has 1 aromatic heterocycles. The zero-order chi connectivity index (χ0) is 11.2. The van der Waals surface area contributed by atoms with Gasteiger partial charge in [-0.25, -0.2) is 4.98 Å². The van der Waals surface area contributed by atoms with E-state index in [2.05, 4.69) is 15.2 Å². The molecule has 0 radical (unpaired) electrons. The lowest BCUT2D eigenvalue weighted by molar-refractivity contribution is -0.137. The molecule has 2 heterocycles. The summed E-state index contributed by atoms with van der Waals surface area (Å²) in [6, 6.07) is 0. The molecular formula is C6F3N3O2S. The number of hydrogen-bond acceptors (Lipinski definition) is 4. The Hall–Kier alpha value is -1.64. The van der Waals surface area contributed by atoms with E-state index < -0.39 is 33.6 Å². The Morgan fingerprint density at radius 2 is 1.67 bits per heavy atom. The molecule has 1 aliphatic heterocycles. The Bertz CT molecular complexity index is 455. The number of amides is 2. The standard InChI is InChI=1S/C6F3N3O2S/c7-6(8,9)5-10-1-2(15-5)4(14)12-11-3(1)13. The van der Waals surface area contributed by atoms with Gasteiger partial charge in [-0.15, -0.1) is 21.6 Å². The van der Waals surface area contributed by atoms with E-state index in [9.17, 15) is 22.8 Å². The molecule has 0 unspecified atom stereocenters. The van der Waals surface area contributed by atoms with Crippen LogP contribution in [0.25, 0.3) is 0 Å². The second-order valence-electron chi connectivity index (χ2n) is 2.50. The van der Waals surface area contributed by atoms with Crippen molar-refractivity contribution < 1.29 is 22.8 Å². The van der Waals surface area contributed by atoms with Crippen molar-refractivity contribution in [2.45, 2.75) is 6.18 Å². The zero-order valence-corrected chi connectivity index (χ0v) is 7.52. The van der Waals surface area contributed by atoms with Crippen LogP contribution >= 0.6 is 11.3 Å². The molecule has 0 fully saturated rings. The van der Waals surface area contributed by atoms with Crippen molar-refractivity contribution in [1.82, 2.24) is 4.98 Å². The van der Waals surface area contributed by atoms with Crippen LogP contribution in [0.4, 0.5) is 13.2 Å². The Morgan fingerprint density at radius 3 is 2.20 bits per heavy atom. The van der Waals surface area contributed by atoms with Crippen LogP contribution in [-0.4, -0.2) is 16.8 Å². The van der Waals surface area contributed by atoms with E-state index in [1.165, 1.54) is 0 Å². The minimum absolute atomic E-state index is 0.0939. The third-order valence-corrected chi connectivity index (χ3v) is 2.59. The van der Waals surface area contributed by atoms with Crippen LogP contribution < -0.4 is 0 Å². The number of hydrogen-bond donors (Lipinski definition) is 0. The number of carbonyl (C=O) groups excluding carboxylic acids is 2. The lowest BCUT2D eigenvalue weighted by atomic mass is 10.3. The predicted molar refractivity (Wildman–Crippen MR) is 40.6 cm³/mol. The molecule has 0 N–H and O–H groups in total. The van der Waals surface area contributed by atoms with Crippen LogP contribution in [0.1, 0.15) is 25.2 Å². The number of rotatable bonds is 0. The van der Waals surface area contributed by atoms with Crippen molar-refractivity contribution in [2.24, 2.45) is 10.2 Å². The average molecular weight is 235 g/mol. The van der Waals surface area contributed by atoms with E-state index in [-0.39, 0.29) is 11.3 Å². The monoisotopic (exact) mass is 235 g/mol. The van der Waals surface area contributed by atoms with Crippen molar-refractivity contribution in [3.05, 3.63) is 15.6 Å². The van der Waals surface area contributed by atoms with E-state index in [1.807, 2.05) is 0 Å². The van der Waals surface area contributed by atoms with Gasteiger partial charge in [-0.05, 0) is 0 Å². The lowest BCUT2D eigenvalue weighted by Gasteiger charge is -1.98. The fourth-order valence-corrected chi connectivity index (χ4v) is 1.72. The summed E-state index contributed by atoms with van der Waals surface area (Å²) in [6.45, 7) is 0. The van der Waals surface area contributed by atoms with Crippen LogP contribution in [0.3, 0.4) is 0 Å². The number of halogens is 3. The molecule has 0 aliphatic carbocycles. The van der Waals surface area contributed by atoms with Gasteiger partial charge in [0.15, 0.2) is 10.7 Å². The summed E-state index contributed by atoms with van der Waals surface area (Å²) in [7, 11) is 0. The zero-order valence-electron chi connectivity index (χ0n) is 6.70. The second-order valence-corrected chi connectivity index (χ2v) is 3.50. The molecule has 0 bridgehead atoms. The van der Waals surface area contributed by atoms with Gasteiger partial charge in [0.2, 0.25) is 0 Å². The van der Waals surface area contributed by atoms with Crippen molar-refractivity contribution in [3.63, 3.8) is 0 Å². The van der Waals surface area contributed by atoms with Gasteiger partial charge in [-0.2, -0.15) is 13.2 Å². The lowest BCUT2D eigenvalue weighted by Crippen LogP contribution is -2.09. The first kappa shape index (κ1) is 9.90. The van der Waals surface area contributed by atoms with Gasteiger partial charge in [-0.1, -0.05) is 0 Å². The van der Waals surface area contributed by atoms with Gasteiger partial charge in [-0.3, -0.25) is 9.59 Å². The normalized spacial score (nSPS) is 15.7. The largest absolute Gasteiger partial charge is 0.443 e. The smallest absolute Gasteiger partial charge is 0.264 e. The highest BCUT2D eigenvalue weighted by Gasteiger charge is 2.39. The molecule has 0 saturated carbocycles. The topological polar surface area (TPSA) is 71.8 Å². The summed E-state index contributed by atoms with van der Waals surface area (Å²) in [5.74, 6) is -2.01. The molecule has 5 nitrogen and oxygen atoms in total. The molecule has 15 heavy (non-hydrogen) atoms. The molecule has 1 aromatic rings. The minimum Gasteiger partial charge on any atom is -0.264 e. The molecule has 1 aliphatic rings. The number of carbonyl (C=O) groups is 2.